The van der Waals surface area contributed by atoms with Crippen LogP contribution in [0.4, 0.5) is 5.82 Å². The van der Waals surface area contributed by atoms with Crippen molar-refractivity contribution in [2.24, 2.45) is 0 Å². The third-order valence-electron chi connectivity index (χ3n) is 6.52. The SMILES string of the molecule is Cc1cccc2[nH]c(Cc3ccc(-c4nc(C(C)C)n5ccnc(N)c45)c4ccccc34)nc12. The van der Waals surface area contributed by atoms with Gasteiger partial charge in [0.05, 0.1) is 11.0 Å². The first-order chi connectivity index (χ1) is 16.5. The fourth-order valence-corrected chi connectivity index (χ4v) is 4.89. The number of benzene rings is 3. The summed E-state index contributed by atoms with van der Waals surface area (Å²) >= 11 is 0. The number of nitrogens with two attached hydrogens (primary N) is 1. The van der Waals surface area contributed by atoms with Crippen molar-refractivity contribution in [2.75, 3.05) is 5.73 Å². The topological polar surface area (TPSA) is 84.9 Å². The molecule has 0 aliphatic rings. The van der Waals surface area contributed by atoms with Crippen molar-refractivity contribution < 1.29 is 0 Å². The van der Waals surface area contributed by atoms with Crippen LogP contribution in [0.5, 0.6) is 0 Å². The highest BCUT2D eigenvalue weighted by atomic mass is 15.1. The van der Waals surface area contributed by atoms with E-state index in [0.717, 1.165) is 51.3 Å². The predicted molar refractivity (Wildman–Crippen MR) is 138 cm³/mol. The Bertz CT molecular complexity index is 1690. The van der Waals surface area contributed by atoms with E-state index >= 15 is 0 Å². The first-order valence-corrected chi connectivity index (χ1v) is 11.6. The van der Waals surface area contributed by atoms with Gasteiger partial charge in [-0.15, -0.1) is 0 Å². The number of anilines is 1. The van der Waals surface area contributed by atoms with Gasteiger partial charge in [-0.25, -0.2) is 15.0 Å². The van der Waals surface area contributed by atoms with Crippen LogP contribution in [0.25, 0.3) is 38.6 Å². The fraction of sp³-hybridized carbons (Fsp3) is 0.179. The smallest absolute Gasteiger partial charge is 0.150 e. The van der Waals surface area contributed by atoms with Crippen LogP contribution in [0.15, 0.2) is 67.0 Å². The number of hydrogen-bond donors (Lipinski definition) is 2. The number of fused-ring (bicyclic) bond motifs is 3. The molecule has 168 valence electrons. The first kappa shape index (κ1) is 20.4. The van der Waals surface area contributed by atoms with Crippen LogP contribution >= 0.6 is 0 Å². The molecule has 3 aromatic heterocycles. The normalized spacial score (nSPS) is 11.9. The standard InChI is InChI=1S/C28H26N6/c1-16(2)28-33-25(26-27(29)30-13-14-34(26)28)21-12-11-18(19-8-4-5-9-20(19)21)15-23-31-22-10-6-7-17(3)24(22)32-23/h4-14,16H,15H2,1-3H3,(H2,29,30)(H,31,32). The maximum absolute atomic E-state index is 6.35. The molecule has 0 aliphatic carbocycles. The summed E-state index contributed by atoms with van der Waals surface area (Å²) in [6.07, 6.45) is 4.40. The number of aryl methyl sites for hydroxylation is 1. The summed E-state index contributed by atoms with van der Waals surface area (Å²) in [4.78, 5) is 17.8. The largest absolute Gasteiger partial charge is 0.382 e. The number of H-pyrrole nitrogens is 1. The average molecular weight is 447 g/mol. The molecule has 0 saturated heterocycles. The van der Waals surface area contributed by atoms with Gasteiger partial charge in [0, 0.05) is 30.3 Å². The van der Waals surface area contributed by atoms with Gasteiger partial charge >= 0.3 is 0 Å². The van der Waals surface area contributed by atoms with E-state index in [4.69, 9.17) is 15.7 Å². The molecule has 0 saturated carbocycles. The van der Waals surface area contributed by atoms with Gasteiger partial charge in [-0.2, -0.15) is 0 Å². The van der Waals surface area contributed by atoms with Gasteiger partial charge in [-0.05, 0) is 34.9 Å². The van der Waals surface area contributed by atoms with Gasteiger partial charge < -0.3 is 10.7 Å². The molecule has 0 bridgehead atoms. The number of hydrogen-bond acceptors (Lipinski definition) is 4. The molecule has 6 aromatic rings. The molecule has 0 spiro atoms. The number of para-hydroxylation sites is 1. The van der Waals surface area contributed by atoms with Gasteiger partial charge in [-0.1, -0.05) is 62.4 Å². The van der Waals surface area contributed by atoms with Crippen LogP contribution in [0.1, 0.15) is 42.5 Å². The molecule has 6 heteroatoms. The second kappa shape index (κ2) is 7.70. The van der Waals surface area contributed by atoms with Crippen molar-refractivity contribution in [3.63, 3.8) is 0 Å². The van der Waals surface area contributed by atoms with E-state index in [1.807, 2.05) is 6.20 Å². The van der Waals surface area contributed by atoms with E-state index in [-0.39, 0.29) is 5.92 Å². The second-order valence-corrected chi connectivity index (χ2v) is 9.15. The Balaban J connectivity index is 1.53. The molecular formula is C28H26N6. The number of nitrogen functional groups attached to an aromatic ring is 1. The number of imidazole rings is 2. The van der Waals surface area contributed by atoms with Crippen molar-refractivity contribution >= 4 is 33.1 Å². The summed E-state index contributed by atoms with van der Waals surface area (Å²) in [7, 11) is 0. The molecule has 0 atom stereocenters. The Kier molecular flexibility index (Phi) is 4.62. The lowest BCUT2D eigenvalue weighted by molar-refractivity contribution is 0.770. The zero-order chi connectivity index (χ0) is 23.4. The Morgan fingerprint density at radius 3 is 2.59 bits per heavy atom. The predicted octanol–water partition coefficient (Wildman–Crippen LogP) is 6.03. The number of nitrogens with one attached hydrogen (secondary N) is 1. The molecule has 0 aliphatic heterocycles. The fourth-order valence-electron chi connectivity index (χ4n) is 4.89. The number of nitrogens with zero attached hydrogens (tertiary/aromatic N) is 4. The molecule has 3 heterocycles. The lowest BCUT2D eigenvalue weighted by atomic mass is 9.95. The van der Waals surface area contributed by atoms with Crippen molar-refractivity contribution in [1.29, 1.82) is 0 Å². The Morgan fingerprint density at radius 2 is 1.79 bits per heavy atom. The molecule has 0 amide bonds. The number of rotatable bonds is 4. The van der Waals surface area contributed by atoms with Crippen molar-refractivity contribution in [3.05, 3.63) is 89.8 Å². The van der Waals surface area contributed by atoms with Crippen LogP contribution in [-0.4, -0.2) is 24.3 Å². The molecule has 3 aromatic carbocycles. The van der Waals surface area contributed by atoms with Crippen LogP contribution < -0.4 is 5.73 Å². The maximum atomic E-state index is 6.35. The highest BCUT2D eigenvalue weighted by Gasteiger charge is 2.20. The zero-order valence-corrected chi connectivity index (χ0v) is 19.5. The highest BCUT2D eigenvalue weighted by Crippen LogP contribution is 2.36. The zero-order valence-electron chi connectivity index (χ0n) is 19.5. The van der Waals surface area contributed by atoms with E-state index in [1.165, 1.54) is 16.5 Å². The second-order valence-electron chi connectivity index (χ2n) is 9.15. The van der Waals surface area contributed by atoms with Crippen molar-refractivity contribution in [2.45, 2.75) is 33.1 Å². The summed E-state index contributed by atoms with van der Waals surface area (Å²) in [5.74, 6) is 2.68. The van der Waals surface area contributed by atoms with E-state index in [9.17, 15) is 0 Å². The quantitative estimate of drug-likeness (QED) is 0.346. The molecular weight excluding hydrogens is 420 g/mol. The monoisotopic (exact) mass is 446 g/mol. The van der Waals surface area contributed by atoms with Gasteiger partial charge in [0.2, 0.25) is 0 Å². The lowest BCUT2D eigenvalue weighted by Gasteiger charge is -2.10. The third kappa shape index (κ3) is 3.14. The summed E-state index contributed by atoms with van der Waals surface area (Å²) in [5, 5.41) is 2.33. The molecule has 0 fully saturated rings. The minimum absolute atomic E-state index is 0.255. The molecule has 0 unspecified atom stereocenters. The first-order valence-electron chi connectivity index (χ1n) is 11.6. The van der Waals surface area contributed by atoms with Gasteiger partial charge in [0.15, 0.2) is 0 Å². The average Bonchev–Trinajstić information content (AvgIpc) is 3.43. The molecule has 0 radical (unpaired) electrons. The minimum Gasteiger partial charge on any atom is -0.382 e. The number of aromatic amines is 1. The maximum Gasteiger partial charge on any atom is 0.150 e. The summed E-state index contributed by atoms with van der Waals surface area (Å²) < 4.78 is 2.07. The Morgan fingerprint density at radius 1 is 0.971 bits per heavy atom. The molecule has 3 N–H and O–H groups in total. The Hall–Kier alpha value is -4.19. The minimum atomic E-state index is 0.255. The van der Waals surface area contributed by atoms with Crippen LogP contribution in [-0.2, 0) is 6.42 Å². The van der Waals surface area contributed by atoms with E-state index in [0.29, 0.717) is 5.82 Å². The van der Waals surface area contributed by atoms with Gasteiger partial charge in [0.1, 0.15) is 28.7 Å². The summed E-state index contributed by atoms with van der Waals surface area (Å²) in [5.41, 5.74) is 13.6. The molecule has 6 nitrogen and oxygen atoms in total. The van der Waals surface area contributed by atoms with E-state index in [2.05, 4.69) is 89.7 Å². The number of aromatic nitrogens is 5. The van der Waals surface area contributed by atoms with Crippen LogP contribution in [0.3, 0.4) is 0 Å². The van der Waals surface area contributed by atoms with Crippen molar-refractivity contribution in [3.8, 4) is 11.3 Å². The van der Waals surface area contributed by atoms with E-state index < -0.39 is 0 Å². The van der Waals surface area contributed by atoms with Crippen LogP contribution in [0, 0.1) is 6.92 Å². The van der Waals surface area contributed by atoms with Crippen LogP contribution in [0.2, 0.25) is 0 Å². The van der Waals surface area contributed by atoms with E-state index in [1.54, 1.807) is 6.20 Å². The molecule has 6 rings (SSSR count). The molecule has 34 heavy (non-hydrogen) atoms. The van der Waals surface area contributed by atoms with Crippen molar-refractivity contribution in [1.82, 2.24) is 24.3 Å². The lowest BCUT2D eigenvalue weighted by Crippen LogP contribution is -1.99. The Labute approximate surface area is 197 Å². The summed E-state index contributed by atoms with van der Waals surface area (Å²) in [6, 6.07) is 19.1. The van der Waals surface area contributed by atoms with Gasteiger partial charge in [0.25, 0.3) is 0 Å². The highest BCUT2D eigenvalue weighted by molar-refractivity contribution is 6.02. The van der Waals surface area contributed by atoms with Gasteiger partial charge in [-0.3, -0.25) is 4.40 Å². The third-order valence-corrected chi connectivity index (χ3v) is 6.52. The summed E-state index contributed by atoms with van der Waals surface area (Å²) in [6.45, 7) is 6.38.